The third-order valence-electron chi connectivity index (χ3n) is 5.73. The van der Waals surface area contributed by atoms with Gasteiger partial charge in [-0.25, -0.2) is 0 Å². The fourth-order valence-corrected chi connectivity index (χ4v) is 4.21. The fourth-order valence-electron chi connectivity index (χ4n) is 4.21. The van der Waals surface area contributed by atoms with Gasteiger partial charge < -0.3 is 0 Å². The Bertz CT molecular complexity index is 874. The highest BCUT2D eigenvalue weighted by Gasteiger charge is 2.32. The number of aryl methyl sites for hydroxylation is 1. The van der Waals surface area contributed by atoms with Crippen LogP contribution in [-0.2, 0) is 12.8 Å². The van der Waals surface area contributed by atoms with Crippen LogP contribution < -0.4 is 0 Å². The molecule has 0 heterocycles. The lowest BCUT2D eigenvalue weighted by molar-refractivity contribution is 0.0978. The summed E-state index contributed by atoms with van der Waals surface area (Å²) in [6.45, 7) is 8.95. The first-order valence-corrected chi connectivity index (χ1v) is 10.7. The zero-order valence-corrected chi connectivity index (χ0v) is 17.7. The number of carbonyl (C=O) groups excluding carboxylic acids is 2. The molecule has 0 aromatic heterocycles. The van der Waals surface area contributed by atoms with E-state index in [2.05, 4.69) is 33.8 Å². The summed E-state index contributed by atoms with van der Waals surface area (Å²) < 4.78 is 0. The van der Waals surface area contributed by atoms with E-state index in [1.165, 1.54) is 12.0 Å². The molecule has 0 saturated heterocycles. The van der Waals surface area contributed by atoms with Gasteiger partial charge in [-0.1, -0.05) is 70.9 Å². The van der Waals surface area contributed by atoms with Crippen LogP contribution >= 0.6 is 0 Å². The van der Waals surface area contributed by atoms with E-state index >= 15 is 0 Å². The van der Waals surface area contributed by atoms with Crippen LogP contribution in [0.25, 0.3) is 0 Å². The molecule has 0 radical (unpaired) electrons. The number of fused-ring (bicyclic) bond motifs is 2. The maximum atomic E-state index is 13.4. The number of carbonyl (C=O) groups is 2. The SMILES string of the molecule is CC(C)CCCc1ccc2c(c1CCCC(C)C)C(=O)c1ccccc1C2=O. The molecule has 0 bridgehead atoms. The molecule has 0 fully saturated rings. The smallest absolute Gasteiger partial charge is 0.194 e. The predicted octanol–water partition coefficient (Wildman–Crippen LogP) is 6.42. The Morgan fingerprint density at radius 1 is 0.679 bits per heavy atom. The summed E-state index contributed by atoms with van der Waals surface area (Å²) in [5, 5.41) is 0. The Hall–Kier alpha value is -2.22. The van der Waals surface area contributed by atoms with Crippen molar-refractivity contribution in [3.05, 3.63) is 69.8 Å². The monoisotopic (exact) mass is 376 g/mol. The van der Waals surface area contributed by atoms with E-state index in [1.54, 1.807) is 12.1 Å². The van der Waals surface area contributed by atoms with Crippen LogP contribution in [0, 0.1) is 11.8 Å². The summed E-state index contributed by atoms with van der Waals surface area (Å²) in [6.07, 6.45) is 6.33. The van der Waals surface area contributed by atoms with Crippen molar-refractivity contribution in [3.8, 4) is 0 Å². The van der Waals surface area contributed by atoms with Gasteiger partial charge in [0.25, 0.3) is 0 Å². The van der Waals surface area contributed by atoms with Crippen LogP contribution in [0.4, 0.5) is 0 Å². The third kappa shape index (κ3) is 4.27. The summed E-state index contributed by atoms with van der Waals surface area (Å²) in [5.41, 5.74) is 4.74. The van der Waals surface area contributed by atoms with E-state index in [0.29, 0.717) is 34.1 Å². The first kappa shape index (κ1) is 20.5. The maximum absolute atomic E-state index is 13.4. The average Bonchev–Trinajstić information content (AvgIpc) is 2.66. The topological polar surface area (TPSA) is 34.1 Å². The van der Waals surface area contributed by atoms with E-state index in [9.17, 15) is 9.59 Å². The van der Waals surface area contributed by atoms with E-state index in [1.807, 2.05) is 18.2 Å². The lowest BCUT2D eigenvalue weighted by atomic mass is 9.78. The molecule has 2 nitrogen and oxygen atoms in total. The molecule has 0 spiro atoms. The van der Waals surface area contributed by atoms with Crippen LogP contribution in [0.15, 0.2) is 36.4 Å². The van der Waals surface area contributed by atoms with Gasteiger partial charge in [0.2, 0.25) is 0 Å². The van der Waals surface area contributed by atoms with Gasteiger partial charge in [0, 0.05) is 22.3 Å². The van der Waals surface area contributed by atoms with Gasteiger partial charge >= 0.3 is 0 Å². The van der Waals surface area contributed by atoms with Crippen molar-refractivity contribution in [2.24, 2.45) is 11.8 Å². The lowest BCUT2D eigenvalue weighted by Gasteiger charge is -2.23. The number of hydrogen-bond acceptors (Lipinski definition) is 2. The molecule has 1 aliphatic rings. The van der Waals surface area contributed by atoms with E-state index < -0.39 is 0 Å². The normalized spacial score (nSPS) is 13.2. The fraction of sp³-hybridized carbons (Fsp3) is 0.462. The second-order valence-corrected chi connectivity index (χ2v) is 8.90. The summed E-state index contributed by atoms with van der Waals surface area (Å²) in [7, 11) is 0. The maximum Gasteiger partial charge on any atom is 0.194 e. The summed E-state index contributed by atoms with van der Waals surface area (Å²) >= 11 is 0. The van der Waals surface area contributed by atoms with Gasteiger partial charge in [-0.05, 0) is 54.7 Å². The largest absolute Gasteiger partial charge is 0.289 e. The van der Waals surface area contributed by atoms with E-state index in [0.717, 1.165) is 37.7 Å². The Morgan fingerprint density at radius 2 is 1.25 bits per heavy atom. The van der Waals surface area contributed by atoms with Crippen molar-refractivity contribution in [2.75, 3.05) is 0 Å². The molecule has 1 aliphatic carbocycles. The molecule has 0 amide bonds. The highest BCUT2D eigenvalue weighted by atomic mass is 16.1. The average molecular weight is 377 g/mol. The molecule has 2 heteroatoms. The van der Waals surface area contributed by atoms with Gasteiger partial charge in [-0.2, -0.15) is 0 Å². The van der Waals surface area contributed by atoms with E-state index in [-0.39, 0.29) is 11.6 Å². The molecule has 0 saturated carbocycles. The highest BCUT2D eigenvalue weighted by Crippen LogP contribution is 2.33. The Balaban J connectivity index is 2.01. The van der Waals surface area contributed by atoms with Crippen molar-refractivity contribution >= 4 is 11.6 Å². The second-order valence-electron chi connectivity index (χ2n) is 8.90. The summed E-state index contributed by atoms with van der Waals surface area (Å²) in [5.74, 6) is 1.33. The molecule has 0 aliphatic heterocycles. The first-order chi connectivity index (χ1) is 13.4. The van der Waals surface area contributed by atoms with Crippen LogP contribution in [0.5, 0.6) is 0 Å². The van der Waals surface area contributed by atoms with Crippen LogP contribution in [-0.4, -0.2) is 11.6 Å². The zero-order valence-electron chi connectivity index (χ0n) is 17.7. The Kier molecular flexibility index (Phi) is 6.49. The van der Waals surface area contributed by atoms with Crippen molar-refractivity contribution in [2.45, 2.75) is 66.2 Å². The highest BCUT2D eigenvalue weighted by molar-refractivity contribution is 6.29. The number of benzene rings is 2. The quantitative estimate of drug-likeness (QED) is 0.454. The van der Waals surface area contributed by atoms with Crippen molar-refractivity contribution in [1.82, 2.24) is 0 Å². The van der Waals surface area contributed by atoms with Crippen molar-refractivity contribution in [3.63, 3.8) is 0 Å². The molecule has 0 unspecified atom stereocenters. The standard InChI is InChI=1S/C26H32O2/c1-17(2)9-7-11-19-15-16-23-24(20(19)14-8-10-18(3)4)26(28)22-13-6-5-12-21(22)25(23)27/h5-6,12-13,15-18H,7-11,14H2,1-4H3. The minimum Gasteiger partial charge on any atom is -0.289 e. The molecule has 2 aromatic carbocycles. The Morgan fingerprint density at radius 3 is 1.86 bits per heavy atom. The lowest BCUT2D eigenvalue weighted by Crippen LogP contribution is -2.23. The van der Waals surface area contributed by atoms with Gasteiger partial charge in [0.15, 0.2) is 11.6 Å². The predicted molar refractivity (Wildman–Crippen MR) is 115 cm³/mol. The van der Waals surface area contributed by atoms with Crippen LogP contribution in [0.1, 0.15) is 96.3 Å². The Labute approximate surface area is 169 Å². The number of ketones is 2. The van der Waals surface area contributed by atoms with Gasteiger partial charge in [-0.15, -0.1) is 0 Å². The number of hydrogen-bond donors (Lipinski definition) is 0. The van der Waals surface area contributed by atoms with E-state index in [4.69, 9.17) is 0 Å². The summed E-state index contributed by atoms with van der Waals surface area (Å²) in [4.78, 5) is 26.4. The molecular formula is C26H32O2. The minimum absolute atomic E-state index is 0.0101. The molecular weight excluding hydrogens is 344 g/mol. The first-order valence-electron chi connectivity index (χ1n) is 10.7. The van der Waals surface area contributed by atoms with Crippen molar-refractivity contribution in [1.29, 1.82) is 0 Å². The molecule has 2 aromatic rings. The molecule has 148 valence electrons. The van der Waals surface area contributed by atoms with Crippen LogP contribution in [0.2, 0.25) is 0 Å². The van der Waals surface area contributed by atoms with Gasteiger partial charge in [0.1, 0.15) is 0 Å². The summed E-state index contributed by atoms with van der Waals surface area (Å²) in [6, 6.07) is 11.2. The minimum atomic E-state index is -0.0101. The molecule has 3 rings (SSSR count). The molecule has 0 N–H and O–H groups in total. The van der Waals surface area contributed by atoms with Gasteiger partial charge in [0.05, 0.1) is 0 Å². The van der Waals surface area contributed by atoms with Crippen LogP contribution in [0.3, 0.4) is 0 Å². The molecule has 0 atom stereocenters. The third-order valence-corrected chi connectivity index (χ3v) is 5.73. The van der Waals surface area contributed by atoms with Crippen molar-refractivity contribution < 1.29 is 9.59 Å². The van der Waals surface area contributed by atoms with Gasteiger partial charge in [-0.3, -0.25) is 9.59 Å². The molecule has 28 heavy (non-hydrogen) atoms. The zero-order chi connectivity index (χ0) is 20.3. The number of rotatable bonds is 8. The second kappa shape index (κ2) is 8.86.